The predicted molar refractivity (Wildman–Crippen MR) is 72.2 cm³/mol. The van der Waals surface area contributed by atoms with E-state index in [1.165, 1.54) is 12.1 Å². The van der Waals surface area contributed by atoms with Gasteiger partial charge in [-0.1, -0.05) is 23.7 Å². The first-order valence-corrected chi connectivity index (χ1v) is 5.95. The maximum Gasteiger partial charge on any atom is 0.276 e. The van der Waals surface area contributed by atoms with E-state index in [0.717, 1.165) is 5.56 Å². The highest BCUT2D eigenvalue weighted by Gasteiger charge is 2.08. The normalized spacial score (nSPS) is 10.2. The Labute approximate surface area is 115 Å². The molecule has 0 aliphatic heterocycles. The summed E-state index contributed by atoms with van der Waals surface area (Å²) < 4.78 is 5.01. The molecule has 0 saturated heterocycles. The van der Waals surface area contributed by atoms with E-state index in [0.29, 0.717) is 12.3 Å². The minimum Gasteiger partial charge on any atom is -0.380 e. The van der Waals surface area contributed by atoms with E-state index in [1.54, 1.807) is 19.2 Å². The van der Waals surface area contributed by atoms with Crippen molar-refractivity contribution in [2.45, 2.75) is 6.61 Å². The number of nitrogens with one attached hydrogen (secondary N) is 1. The molecular formula is C13H12ClN3O2. The molecular weight excluding hydrogens is 266 g/mol. The van der Waals surface area contributed by atoms with Crippen molar-refractivity contribution in [3.05, 3.63) is 52.8 Å². The van der Waals surface area contributed by atoms with Crippen LogP contribution < -0.4 is 5.32 Å². The zero-order chi connectivity index (χ0) is 13.7. The number of ether oxygens (including phenoxy) is 1. The lowest BCUT2D eigenvalue weighted by Crippen LogP contribution is -2.14. The molecule has 0 unspecified atom stereocenters. The Morgan fingerprint density at radius 3 is 2.53 bits per heavy atom. The second kappa shape index (κ2) is 6.26. The van der Waals surface area contributed by atoms with Crippen molar-refractivity contribution in [2.75, 3.05) is 12.4 Å². The van der Waals surface area contributed by atoms with Crippen molar-refractivity contribution in [1.29, 1.82) is 0 Å². The Bertz CT molecular complexity index is 555. The van der Waals surface area contributed by atoms with Gasteiger partial charge in [0.05, 0.1) is 6.61 Å². The van der Waals surface area contributed by atoms with Gasteiger partial charge in [-0.15, -0.1) is 10.2 Å². The van der Waals surface area contributed by atoms with E-state index in [-0.39, 0.29) is 16.8 Å². The van der Waals surface area contributed by atoms with Gasteiger partial charge in [-0.05, 0) is 29.8 Å². The van der Waals surface area contributed by atoms with Gasteiger partial charge in [-0.3, -0.25) is 4.79 Å². The first kappa shape index (κ1) is 13.5. The molecule has 98 valence electrons. The van der Waals surface area contributed by atoms with Gasteiger partial charge in [0.25, 0.3) is 5.91 Å². The van der Waals surface area contributed by atoms with Crippen LogP contribution in [0.2, 0.25) is 5.15 Å². The Morgan fingerprint density at radius 2 is 1.95 bits per heavy atom. The van der Waals surface area contributed by atoms with Gasteiger partial charge >= 0.3 is 0 Å². The zero-order valence-corrected chi connectivity index (χ0v) is 11.0. The van der Waals surface area contributed by atoms with Crippen LogP contribution >= 0.6 is 11.6 Å². The molecule has 1 aromatic heterocycles. The van der Waals surface area contributed by atoms with E-state index in [4.69, 9.17) is 16.3 Å². The number of amides is 1. The van der Waals surface area contributed by atoms with Gasteiger partial charge in [-0.25, -0.2) is 0 Å². The highest BCUT2D eigenvalue weighted by Crippen LogP contribution is 2.11. The summed E-state index contributed by atoms with van der Waals surface area (Å²) in [6, 6.07) is 10.4. The second-order valence-electron chi connectivity index (χ2n) is 3.83. The quantitative estimate of drug-likeness (QED) is 0.933. The molecule has 0 saturated carbocycles. The van der Waals surface area contributed by atoms with E-state index in [2.05, 4.69) is 15.5 Å². The summed E-state index contributed by atoms with van der Waals surface area (Å²) in [5, 5.41) is 10.3. The van der Waals surface area contributed by atoms with Gasteiger partial charge in [0.2, 0.25) is 0 Å². The third-order valence-electron chi connectivity index (χ3n) is 2.39. The average molecular weight is 278 g/mol. The predicted octanol–water partition coefficient (Wildman–Crippen LogP) is 2.53. The number of hydrogen-bond acceptors (Lipinski definition) is 4. The van der Waals surface area contributed by atoms with Crippen LogP contribution in [-0.2, 0) is 11.3 Å². The largest absolute Gasteiger partial charge is 0.380 e. The Hall–Kier alpha value is -1.98. The van der Waals surface area contributed by atoms with Gasteiger partial charge in [0, 0.05) is 12.8 Å². The average Bonchev–Trinajstić information content (AvgIpc) is 2.42. The van der Waals surface area contributed by atoms with Gasteiger partial charge in [0.1, 0.15) is 0 Å². The maximum atomic E-state index is 11.9. The zero-order valence-electron chi connectivity index (χ0n) is 10.3. The molecule has 1 heterocycles. The van der Waals surface area contributed by atoms with Gasteiger partial charge < -0.3 is 10.1 Å². The van der Waals surface area contributed by atoms with Crippen molar-refractivity contribution < 1.29 is 9.53 Å². The van der Waals surface area contributed by atoms with E-state index < -0.39 is 0 Å². The number of anilines is 1. The lowest BCUT2D eigenvalue weighted by Gasteiger charge is -2.05. The molecule has 1 aromatic carbocycles. The number of rotatable bonds is 4. The van der Waals surface area contributed by atoms with Crippen LogP contribution in [-0.4, -0.2) is 23.2 Å². The first-order valence-electron chi connectivity index (χ1n) is 5.57. The summed E-state index contributed by atoms with van der Waals surface area (Å²) in [7, 11) is 1.63. The summed E-state index contributed by atoms with van der Waals surface area (Å²) in [6.45, 7) is 0.539. The Balaban J connectivity index is 2.04. The smallest absolute Gasteiger partial charge is 0.276 e. The summed E-state index contributed by atoms with van der Waals surface area (Å²) >= 11 is 5.61. The standard InChI is InChI=1S/C13H12ClN3O2/c1-19-8-9-2-4-10(5-3-9)15-13(18)11-6-7-12(14)17-16-11/h2-7H,8H2,1H3,(H,15,18). The molecule has 0 radical (unpaired) electrons. The summed E-state index contributed by atoms with van der Waals surface area (Å²) in [5.74, 6) is -0.330. The minimum atomic E-state index is -0.330. The molecule has 0 bridgehead atoms. The highest BCUT2D eigenvalue weighted by atomic mass is 35.5. The third kappa shape index (κ3) is 3.74. The van der Waals surface area contributed by atoms with Crippen LogP contribution in [0, 0.1) is 0 Å². The maximum absolute atomic E-state index is 11.9. The lowest BCUT2D eigenvalue weighted by atomic mass is 10.2. The van der Waals surface area contributed by atoms with Gasteiger partial charge in [-0.2, -0.15) is 0 Å². The number of hydrogen-bond donors (Lipinski definition) is 1. The molecule has 1 amide bonds. The SMILES string of the molecule is COCc1ccc(NC(=O)c2ccc(Cl)nn2)cc1. The fraction of sp³-hybridized carbons (Fsp3) is 0.154. The fourth-order valence-electron chi connectivity index (χ4n) is 1.48. The van der Waals surface area contributed by atoms with Crippen LogP contribution in [0.5, 0.6) is 0 Å². The Kier molecular flexibility index (Phi) is 4.43. The van der Waals surface area contributed by atoms with Gasteiger partial charge in [0.15, 0.2) is 10.8 Å². The molecule has 0 spiro atoms. The number of benzene rings is 1. The van der Waals surface area contributed by atoms with E-state index >= 15 is 0 Å². The molecule has 1 N–H and O–H groups in total. The van der Waals surface area contributed by atoms with E-state index in [9.17, 15) is 4.79 Å². The van der Waals surface area contributed by atoms with Crippen molar-refractivity contribution in [2.24, 2.45) is 0 Å². The molecule has 0 fully saturated rings. The number of carbonyl (C=O) groups excluding carboxylic acids is 1. The lowest BCUT2D eigenvalue weighted by molar-refractivity contribution is 0.102. The summed E-state index contributed by atoms with van der Waals surface area (Å²) in [6.07, 6.45) is 0. The van der Waals surface area contributed by atoms with Crippen molar-refractivity contribution in [3.63, 3.8) is 0 Å². The summed E-state index contributed by atoms with van der Waals surface area (Å²) in [4.78, 5) is 11.9. The third-order valence-corrected chi connectivity index (χ3v) is 2.59. The van der Waals surface area contributed by atoms with Crippen molar-refractivity contribution >= 4 is 23.2 Å². The fourth-order valence-corrected chi connectivity index (χ4v) is 1.58. The highest BCUT2D eigenvalue weighted by molar-refractivity contribution is 6.29. The molecule has 0 atom stereocenters. The molecule has 2 rings (SSSR count). The number of aromatic nitrogens is 2. The van der Waals surface area contributed by atoms with Crippen molar-refractivity contribution in [1.82, 2.24) is 10.2 Å². The molecule has 19 heavy (non-hydrogen) atoms. The second-order valence-corrected chi connectivity index (χ2v) is 4.21. The number of halogens is 1. The number of nitrogens with zero attached hydrogens (tertiary/aromatic N) is 2. The van der Waals surface area contributed by atoms with E-state index in [1.807, 2.05) is 12.1 Å². The topological polar surface area (TPSA) is 64.1 Å². The van der Waals surface area contributed by atoms with Crippen LogP contribution in [0.1, 0.15) is 16.1 Å². The van der Waals surface area contributed by atoms with Crippen molar-refractivity contribution in [3.8, 4) is 0 Å². The molecule has 5 nitrogen and oxygen atoms in total. The van der Waals surface area contributed by atoms with Crippen LogP contribution in [0.25, 0.3) is 0 Å². The minimum absolute atomic E-state index is 0.213. The molecule has 2 aromatic rings. The van der Waals surface area contributed by atoms with Crippen LogP contribution in [0.15, 0.2) is 36.4 Å². The monoisotopic (exact) mass is 277 g/mol. The molecule has 6 heteroatoms. The number of methoxy groups -OCH3 is 1. The van der Waals surface area contributed by atoms with Crippen LogP contribution in [0.3, 0.4) is 0 Å². The first-order chi connectivity index (χ1) is 9.19. The number of carbonyl (C=O) groups is 1. The Morgan fingerprint density at radius 1 is 1.21 bits per heavy atom. The molecule has 0 aliphatic rings. The summed E-state index contributed by atoms with van der Waals surface area (Å²) in [5.41, 5.74) is 1.93. The molecule has 0 aliphatic carbocycles. The van der Waals surface area contributed by atoms with Crippen LogP contribution in [0.4, 0.5) is 5.69 Å².